The van der Waals surface area contributed by atoms with Crippen molar-refractivity contribution in [3.05, 3.63) is 48.0 Å². The lowest BCUT2D eigenvalue weighted by Gasteiger charge is -2.31. The van der Waals surface area contributed by atoms with Crippen LogP contribution in [0.5, 0.6) is 0 Å². The van der Waals surface area contributed by atoms with Gasteiger partial charge in [0.05, 0.1) is 5.54 Å². The maximum Gasteiger partial charge on any atom is 0.249 e. The van der Waals surface area contributed by atoms with Crippen LogP contribution < -0.4 is 5.32 Å². The SMILES string of the molecule is CC(C)(NC(=O)[C@@H]1CCCCO1)c1cccc2ccccc12. The van der Waals surface area contributed by atoms with E-state index in [4.69, 9.17) is 4.74 Å². The number of nitrogens with one attached hydrogen (secondary N) is 1. The van der Waals surface area contributed by atoms with Crippen molar-refractivity contribution in [1.29, 1.82) is 0 Å². The van der Waals surface area contributed by atoms with Crippen LogP contribution in [0, 0.1) is 0 Å². The molecule has 1 heterocycles. The van der Waals surface area contributed by atoms with E-state index in [-0.39, 0.29) is 12.0 Å². The molecule has 1 N–H and O–H groups in total. The third-order valence-corrected chi connectivity index (χ3v) is 4.37. The summed E-state index contributed by atoms with van der Waals surface area (Å²) in [7, 11) is 0. The molecule has 3 heteroatoms. The lowest BCUT2D eigenvalue weighted by Crippen LogP contribution is -2.47. The molecule has 0 bridgehead atoms. The minimum atomic E-state index is -0.432. The summed E-state index contributed by atoms with van der Waals surface area (Å²) in [5, 5.41) is 5.54. The minimum Gasteiger partial charge on any atom is -0.368 e. The molecule has 0 radical (unpaired) electrons. The van der Waals surface area contributed by atoms with Crippen LogP contribution in [0.15, 0.2) is 42.5 Å². The van der Waals surface area contributed by atoms with E-state index in [2.05, 4.69) is 43.4 Å². The van der Waals surface area contributed by atoms with E-state index in [9.17, 15) is 4.79 Å². The molecule has 3 nitrogen and oxygen atoms in total. The van der Waals surface area contributed by atoms with Crippen molar-refractivity contribution < 1.29 is 9.53 Å². The van der Waals surface area contributed by atoms with Crippen molar-refractivity contribution in [2.24, 2.45) is 0 Å². The van der Waals surface area contributed by atoms with E-state index >= 15 is 0 Å². The molecule has 0 saturated carbocycles. The Balaban J connectivity index is 1.86. The first-order valence-electron chi connectivity index (χ1n) is 8.00. The van der Waals surface area contributed by atoms with Gasteiger partial charge in [0.2, 0.25) is 5.91 Å². The number of carbonyl (C=O) groups excluding carboxylic acids is 1. The Morgan fingerprint density at radius 3 is 2.68 bits per heavy atom. The Bertz CT molecular complexity index is 667. The van der Waals surface area contributed by atoms with Crippen LogP contribution >= 0.6 is 0 Å². The number of hydrogen-bond acceptors (Lipinski definition) is 2. The molecular weight excluding hydrogens is 274 g/mol. The first-order valence-corrected chi connectivity index (χ1v) is 8.00. The molecule has 1 saturated heterocycles. The van der Waals surface area contributed by atoms with Crippen molar-refractivity contribution in [2.75, 3.05) is 6.61 Å². The van der Waals surface area contributed by atoms with Gasteiger partial charge in [0, 0.05) is 6.61 Å². The van der Waals surface area contributed by atoms with Crippen LogP contribution in [-0.2, 0) is 15.1 Å². The van der Waals surface area contributed by atoms with Crippen LogP contribution in [0.25, 0.3) is 10.8 Å². The standard InChI is InChI=1S/C19H23NO2/c1-19(2,20-18(21)17-12-5-6-13-22-17)16-11-7-9-14-8-3-4-10-15(14)16/h3-4,7-11,17H,5-6,12-13H2,1-2H3,(H,20,21)/t17-/m0/s1. The van der Waals surface area contributed by atoms with Gasteiger partial charge in [-0.1, -0.05) is 42.5 Å². The van der Waals surface area contributed by atoms with Crippen molar-refractivity contribution in [2.45, 2.75) is 44.8 Å². The fraction of sp³-hybridized carbons (Fsp3) is 0.421. The van der Waals surface area contributed by atoms with E-state index in [1.807, 2.05) is 18.2 Å². The largest absolute Gasteiger partial charge is 0.368 e. The molecule has 1 aliphatic heterocycles. The van der Waals surface area contributed by atoms with Gasteiger partial charge < -0.3 is 10.1 Å². The number of fused-ring (bicyclic) bond motifs is 1. The fourth-order valence-corrected chi connectivity index (χ4v) is 3.17. The van der Waals surface area contributed by atoms with Crippen molar-refractivity contribution >= 4 is 16.7 Å². The van der Waals surface area contributed by atoms with Crippen LogP contribution in [0.3, 0.4) is 0 Å². The molecule has 3 rings (SSSR count). The zero-order chi connectivity index (χ0) is 15.6. The molecule has 1 amide bonds. The summed E-state index contributed by atoms with van der Waals surface area (Å²) in [5.74, 6) is -0.00219. The second-order valence-electron chi connectivity index (χ2n) is 6.50. The number of amides is 1. The van der Waals surface area contributed by atoms with E-state index in [1.54, 1.807) is 0 Å². The predicted molar refractivity (Wildman–Crippen MR) is 88.7 cm³/mol. The van der Waals surface area contributed by atoms with E-state index in [1.165, 1.54) is 10.8 Å². The zero-order valence-corrected chi connectivity index (χ0v) is 13.3. The highest BCUT2D eigenvalue weighted by Crippen LogP contribution is 2.29. The minimum absolute atomic E-state index is 0.00219. The quantitative estimate of drug-likeness (QED) is 0.936. The number of ether oxygens (including phenoxy) is 1. The van der Waals surface area contributed by atoms with Crippen LogP contribution in [0.4, 0.5) is 0 Å². The first-order chi connectivity index (χ1) is 10.6. The molecule has 0 aliphatic carbocycles. The number of benzene rings is 2. The number of hydrogen-bond donors (Lipinski definition) is 1. The number of rotatable bonds is 3. The topological polar surface area (TPSA) is 38.3 Å². The monoisotopic (exact) mass is 297 g/mol. The summed E-state index contributed by atoms with van der Waals surface area (Å²) >= 11 is 0. The highest BCUT2D eigenvalue weighted by molar-refractivity contribution is 5.88. The zero-order valence-electron chi connectivity index (χ0n) is 13.3. The van der Waals surface area contributed by atoms with Gasteiger partial charge in [-0.05, 0) is 49.4 Å². The second-order valence-corrected chi connectivity index (χ2v) is 6.50. The lowest BCUT2D eigenvalue weighted by molar-refractivity contribution is -0.137. The third kappa shape index (κ3) is 3.00. The van der Waals surface area contributed by atoms with Crippen LogP contribution in [-0.4, -0.2) is 18.6 Å². The average molecular weight is 297 g/mol. The molecule has 2 aromatic rings. The van der Waals surface area contributed by atoms with Gasteiger partial charge in [-0.3, -0.25) is 4.79 Å². The molecule has 2 aromatic carbocycles. The summed E-state index contributed by atoms with van der Waals surface area (Å²) in [4.78, 5) is 12.5. The van der Waals surface area contributed by atoms with Crippen LogP contribution in [0.1, 0.15) is 38.7 Å². The predicted octanol–water partition coefficient (Wildman–Crippen LogP) is 3.76. The van der Waals surface area contributed by atoms with Gasteiger partial charge in [0.1, 0.15) is 6.10 Å². The Morgan fingerprint density at radius 2 is 1.91 bits per heavy atom. The van der Waals surface area contributed by atoms with Gasteiger partial charge in [-0.25, -0.2) is 0 Å². The van der Waals surface area contributed by atoms with Crippen molar-refractivity contribution in [1.82, 2.24) is 5.32 Å². The second kappa shape index (κ2) is 6.09. The van der Waals surface area contributed by atoms with Gasteiger partial charge in [-0.2, -0.15) is 0 Å². The van der Waals surface area contributed by atoms with Crippen molar-refractivity contribution in [3.8, 4) is 0 Å². The maximum absolute atomic E-state index is 12.5. The fourth-order valence-electron chi connectivity index (χ4n) is 3.17. The van der Waals surface area contributed by atoms with E-state index in [0.29, 0.717) is 6.61 Å². The summed E-state index contributed by atoms with van der Waals surface area (Å²) < 4.78 is 5.60. The van der Waals surface area contributed by atoms with E-state index in [0.717, 1.165) is 24.8 Å². The Labute approximate surface area is 131 Å². The van der Waals surface area contributed by atoms with Gasteiger partial charge in [-0.15, -0.1) is 0 Å². The Hall–Kier alpha value is -1.87. The normalized spacial score (nSPS) is 19.1. The molecule has 0 unspecified atom stereocenters. The maximum atomic E-state index is 12.5. The third-order valence-electron chi connectivity index (χ3n) is 4.37. The summed E-state index contributed by atoms with van der Waals surface area (Å²) in [6.07, 6.45) is 2.63. The summed E-state index contributed by atoms with van der Waals surface area (Å²) in [6.45, 7) is 4.79. The first kappa shape index (κ1) is 15.0. The molecule has 1 atom stereocenters. The Morgan fingerprint density at radius 1 is 1.14 bits per heavy atom. The highest BCUT2D eigenvalue weighted by atomic mass is 16.5. The van der Waals surface area contributed by atoms with Gasteiger partial charge in [0.25, 0.3) is 0 Å². The van der Waals surface area contributed by atoms with Gasteiger partial charge >= 0.3 is 0 Å². The molecule has 0 aromatic heterocycles. The molecule has 0 spiro atoms. The molecular formula is C19H23NO2. The Kier molecular flexibility index (Phi) is 4.16. The molecule has 1 aliphatic rings. The van der Waals surface area contributed by atoms with Crippen molar-refractivity contribution in [3.63, 3.8) is 0 Å². The number of carbonyl (C=O) groups is 1. The van der Waals surface area contributed by atoms with Gasteiger partial charge in [0.15, 0.2) is 0 Å². The lowest BCUT2D eigenvalue weighted by atomic mass is 9.89. The summed E-state index contributed by atoms with van der Waals surface area (Å²) in [6, 6.07) is 14.5. The van der Waals surface area contributed by atoms with E-state index < -0.39 is 5.54 Å². The van der Waals surface area contributed by atoms with Crippen LogP contribution in [0.2, 0.25) is 0 Å². The molecule has 116 valence electrons. The smallest absolute Gasteiger partial charge is 0.249 e. The molecule has 22 heavy (non-hydrogen) atoms. The average Bonchev–Trinajstić information content (AvgIpc) is 2.54. The highest BCUT2D eigenvalue weighted by Gasteiger charge is 2.29. The summed E-state index contributed by atoms with van der Waals surface area (Å²) in [5.41, 5.74) is 0.702. The molecule has 1 fully saturated rings.